The van der Waals surface area contributed by atoms with Crippen LogP contribution in [0.25, 0.3) is 0 Å². The Morgan fingerprint density at radius 1 is 1.45 bits per heavy atom. The summed E-state index contributed by atoms with van der Waals surface area (Å²) in [5.41, 5.74) is 6.67. The van der Waals surface area contributed by atoms with Crippen LogP contribution in [0.1, 0.15) is 31.7 Å². The largest absolute Gasteiger partial charge is 0.494 e. The van der Waals surface area contributed by atoms with Gasteiger partial charge in [-0.25, -0.2) is 0 Å². The third kappa shape index (κ3) is 3.97. The van der Waals surface area contributed by atoms with E-state index >= 15 is 0 Å². The molecule has 20 heavy (non-hydrogen) atoms. The Morgan fingerprint density at radius 2 is 2.30 bits per heavy atom. The topological polar surface area (TPSA) is 55.6 Å². The monoisotopic (exact) mass is 276 g/mol. The van der Waals surface area contributed by atoms with Crippen molar-refractivity contribution in [2.24, 2.45) is 11.7 Å². The van der Waals surface area contributed by atoms with Gasteiger partial charge < -0.3 is 15.4 Å². The molecule has 2 N–H and O–H groups in total. The molecule has 1 aliphatic rings. The van der Waals surface area contributed by atoms with Crippen LogP contribution >= 0.6 is 0 Å². The summed E-state index contributed by atoms with van der Waals surface area (Å²) in [4.78, 5) is 13.7. The molecule has 1 saturated heterocycles. The van der Waals surface area contributed by atoms with Crippen LogP contribution in [0.4, 0.5) is 0 Å². The predicted octanol–water partition coefficient (Wildman–Crippen LogP) is 2.17. The van der Waals surface area contributed by atoms with Crippen LogP contribution in [0.2, 0.25) is 0 Å². The minimum absolute atomic E-state index is 0.293. The quantitative estimate of drug-likeness (QED) is 0.777. The summed E-state index contributed by atoms with van der Waals surface area (Å²) in [6.45, 7) is 5.02. The lowest BCUT2D eigenvalue weighted by Crippen LogP contribution is -2.27. The van der Waals surface area contributed by atoms with Crippen molar-refractivity contribution in [1.82, 2.24) is 4.90 Å². The molecule has 0 spiro atoms. The first-order valence-electron chi connectivity index (χ1n) is 7.42. The lowest BCUT2D eigenvalue weighted by atomic mass is 10.1. The summed E-state index contributed by atoms with van der Waals surface area (Å²) in [7, 11) is 0. The minimum atomic E-state index is 0.293. The molecular formula is C16H24N2O2. The second-order valence-corrected chi connectivity index (χ2v) is 5.37. The van der Waals surface area contributed by atoms with Crippen molar-refractivity contribution in [3.05, 3.63) is 29.8 Å². The zero-order chi connectivity index (χ0) is 14.4. The number of ether oxygens (including phenoxy) is 1. The van der Waals surface area contributed by atoms with Crippen molar-refractivity contribution in [3.63, 3.8) is 0 Å². The van der Waals surface area contributed by atoms with E-state index in [2.05, 4.69) is 6.92 Å². The molecule has 0 aliphatic carbocycles. The van der Waals surface area contributed by atoms with Crippen molar-refractivity contribution < 1.29 is 9.53 Å². The second-order valence-electron chi connectivity index (χ2n) is 5.37. The Labute approximate surface area is 120 Å². The molecule has 1 aromatic carbocycles. The number of hydrogen-bond donors (Lipinski definition) is 1. The Bertz CT molecular complexity index is 448. The number of amides is 1. The molecule has 0 saturated carbocycles. The van der Waals surface area contributed by atoms with Crippen LogP contribution in [0.15, 0.2) is 24.3 Å². The molecule has 0 bridgehead atoms. The maximum absolute atomic E-state index is 11.8. The highest BCUT2D eigenvalue weighted by Crippen LogP contribution is 2.20. The van der Waals surface area contributed by atoms with E-state index in [1.165, 1.54) is 0 Å². The molecule has 110 valence electrons. The number of rotatable bonds is 7. The molecule has 4 heteroatoms. The zero-order valence-electron chi connectivity index (χ0n) is 12.2. The third-order valence-corrected chi connectivity index (χ3v) is 3.85. The highest BCUT2D eigenvalue weighted by molar-refractivity contribution is 5.78. The van der Waals surface area contributed by atoms with Gasteiger partial charge >= 0.3 is 0 Å². The molecule has 1 fully saturated rings. The van der Waals surface area contributed by atoms with Crippen LogP contribution in [-0.4, -0.2) is 30.5 Å². The van der Waals surface area contributed by atoms with Gasteiger partial charge in [-0.1, -0.05) is 25.5 Å². The van der Waals surface area contributed by atoms with Gasteiger partial charge in [-0.05, 0) is 30.0 Å². The number of nitrogens with two attached hydrogens (primary N) is 1. The molecule has 1 unspecified atom stereocenters. The Kier molecular flexibility index (Phi) is 5.41. The average Bonchev–Trinajstić information content (AvgIpc) is 2.84. The van der Waals surface area contributed by atoms with Crippen molar-refractivity contribution in [1.29, 1.82) is 0 Å². The SMILES string of the molecule is CCC1CC(=O)N(CCCOc2cccc(CN)c2)C1. The summed E-state index contributed by atoms with van der Waals surface area (Å²) in [6, 6.07) is 7.84. The fourth-order valence-electron chi connectivity index (χ4n) is 2.55. The van der Waals surface area contributed by atoms with Gasteiger partial charge in [-0.15, -0.1) is 0 Å². The van der Waals surface area contributed by atoms with E-state index in [1.807, 2.05) is 29.2 Å². The smallest absolute Gasteiger partial charge is 0.222 e. The number of benzene rings is 1. The zero-order valence-corrected chi connectivity index (χ0v) is 12.2. The summed E-state index contributed by atoms with van der Waals surface area (Å²) in [6.07, 6.45) is 2.68. The molecule has 1 aromatic rings. The first kappa shape index (κ1) is 14.9. The van der Waals surface area contributed by atoms with E-state index in [-0.39, 0.29) is 0 Å². The van der Waals surface area contributed by atoms with Crippen LogP contribution in [0, 0.1) is 5.92 Å². The highest BCUT2D eigenvalue weighted by atomic mass is 16.5. The van der Waals surface area contributed by atoms with Gasteiger partial charge in [0.25, 0.3) is 0 Å². The number of carbonyl (C=O) groups is 1. The van der Waals surface area contributed by atoms with E-state index in [9.17, 15) is 4.79 Å². The fraction of sp³-hybridized carbons (Fsp3) is 0.562. The van der Waals surface area contributed by atoms with Crippen molar-refractivity contribution in [2.75, 3.05) is 19.7 Å². The van der Waals surface area contributed by atoms with Gasteiger partial charge in [0, 0.05) is 26.1 Å². The van der Waals surface area contributed by atoms with Gasteiger partial charge in [0.2, 0.25) is 5.91 Å². The molecule has 4 nitrogen and oxygen atoms in total. The fourth-order valence-corrected chi connectivity index (χ4v) is 2.55. The van der Waals surface area contributed by atoms with Crippen molar-refractivity contribution in [2.45, 2.75) is 32.7 Å². The first-order valence-corrected chi connectivity index (χ1v) is 7.42. The van der Waals surface area contributed by atoms with Crippen LogP contribution in [-0.2, 0) is 11.3 Å². The predicted molar refractivity (Wildman–Crippen MR) is 79.4 cm³/mol. The molecule has 1 amide bonds. The van der Waals surface area contributed by atoms with Gasteiger partial charge in [-0.3, -0.25) is 4.79 Å². The maximum Gasteiger partial charge on any atom is 0.222 e. The van der Waals surface area contributed by atoms with E-state index in [4.69, 9.17) is 10.5 Å². The average molecular weight is 276 g/mol. The molecule has 2 rings (SSSR count). The van der Waals surface area contributed by atoms with E-state index in [1.54, 1.807) is 0 Å². The van der Waals surface area contributed by atoms with Crippen LogP contribution < -0.4 is 10.5 Å². The first-order chi connectivity index (χ1) is 9.72. The van der Waals surface area contributed by atoms with Crippen LogP contribution in [0.5, 0.6) is 5.75 Å². The lowest BCUT2D eigenvalue weighted by Gasteiger charge is -2.16. The molecule has 1 aliphatic heterocycles. The summed E-state index contributed by atoms with van der Waals surface area (Å²) >= 11 is 0. The molecule has 0 radical (unpaired) electrons. The highest BCUT2D eigenvalue weighted by Gasteiger charge is 2.27. The molecular weight excluding hydrogens is 252 g/mol. The Morgan fingerprint density at radius 3 is 3.00 bits per heavy atom. The second kappa shape index (κ2) is 7.29. The van der Waals surface area contributed by atoms with Crippen molar-refractivity contribution >= 4 is 5.91 Å². The Balaban J connectivity index is 1.70. The molecule has 1 heterocycles. The number of hydrogen-bond acceptors (Lipinski definition) is 3. The minimum Gasteiger partial charge on any atom is -0.494 e. The summed E-state index contributed by atoms with van der Waals surface area (Å²) in [5, 5.41) is 0. The standard InChI is InChI=1S/C16H24N2O2/c1-2-13-10-16(19)18(12-13)7-4-8-20-15-6-3-5-14(9-15)11-17/h3,5-6,9,13H,2,4,7-8,10-12,17H2,1H3. The summed E-state index contributed by atoms with van der Waals surface area (Å²) < 4.78 is 5.70. The van der Waals surface area contributed by atoms with E-state index in [0.29, 0.717) is 25.0 Å². The number of nitrogens with zero attached hydrogens (tertiary/aromatic N) is 1. The van der Waals surface area contributed by atoms with Crippen LogP contribution in [0.3, 0.4) is 0 Å². The summed E-state index contributed by atoms with van der Waals surface area (Å²) in [5.74, 6) is 1.69. The van der Waals surface area contributed by atoms with Crippen molar-refractivity contribution in [3.8, 4) is 5.75 Å². The molecule has 0 aromatic heterocycles. The number of carbonyl (C=O) groups excluding carboxylic acids is 1. The normalized spacial score (nSPS) is 18.6. The van der Waals surface area contributed by atoms with Gasteiger partial charge in [0.05, 0.1) is 6.61 Å². The third-order valence-electron chi connectivity index (χ3n) is 3.85. The van der Waals surface area contributed by atoms with Gasteiger partial charge in [0.15, 0.2) is 0 Å². The van der Waals surface area contributed by atoms with Gasteiger partial charge in [0.1, 0.15) is 5.75 Å². The van der Waals surface area contributed by atoms with E-state index in [0.717, 1.165) is 43.7 Å². The molecule has 1 atom stereocenters. The Hall–Kier alpha value is -1.55. The number of likely N-dealkylation sites (tertiary alicyclic amines) is 1. The van der Waals surface area contributed by atoms with Gasteiger partial charge in [-0.2, -0.15) is 0 Å². The maximum atomic E-state index is 11.8. The lowest BCUT2D eigenvalue weighted by molar-refractivity contribution is -0.127. The van der Waals surface area contributed by atoms with E-state index < -0.39 is 0 Å².